The van der Waals surface area contributed by atoms with Crippen molar-refractivity contribution in [1.29, 1.82) is 0 Å². The van der Waals surface area contributed by atoms with Crippen LogP contribution in [0.3, 0.4) is 0 Å². The normalized spacial score (nSPS) is 16.7. The number of carbonyl (C=O) groups is 2. The molecular weight excluding hydrogens is 338 g/mol. The van der Waals surface area contributed by atoms with Crippen LogP contribution in [0.1, 0.15) is 25.3 Å². The van der Waals surface area contributed by atoms with Gasteiger partial charge in [-0.25, -0.2) is 4.98 Å². The van der Waals surface area contributed by atoms with E-state index in [1.807, 2.05) is 24.3 Å². The molecule has 1 aromatic carbocycles. The molecule has 6 nitrogen and oxygen atoms in total. The number of nitrogens with one attached hydrogen (secondary N) is 1. The van der Waals surface area contributed by atoms with Crippen molar-refractivity contribution in [2.24, 2.45) is 0 Å². The third-order valence-electron chi connectivity index (χ3n) is 4.23. The maximum atomic E-state index is 12.5. The Morgan fingerprint density at radius 3 is 2.84 bits per heavy atom. The van der Waals surface area contributed by atoms with Crippen LogP contribution in [0.15, 0.2) is 35.8 Å². The maximum Gasteiger partial charge on any atom is 0.261 e. The number of thiazole rings is 1. The smallest absolute Gasteiger partial charge is 0.261 e. The van der Waals surface area contributed by atoms with Gasteiger partial charge in [-0.2, -0.15) is 0 Å². The number of benzene rings is 1. The number of rotatable bonds is 6. The fourth-order valence-corrected chi connectivity index (χ4v) is 3.39. The first-order chi connectivity index (χ1) is 12.2. The molecule has 1 atom stereocenters. The number of aryl methyl sites for hydroxylation is 1. The van der Waals surface area contributed by atoms with Crippen molar-refractivity contribution in [2.75, 3.05) is 18.5 Å². The van der Waals surface area contributed by atoms with Crippen LogP contribution in [0.5, 0.6) is 5.75 Å². The highest BCUT2D eigenvalue weighted by Gasteiger charge is 2.34. The Morgan fingerprint density at radius 2 is 2.16 bits per heavy atom. The largest absolute Gasteiger partial charge is 0.484 e. The van der Waals surface area contributed by atoms with Gasteiger partial charge < -0.3 is 15.0 Å². The van der Waals surface area contributed by atoms with Gasteiger partial charge in [0.1, 0.15) is 11.8 Å². The first kappa shape index (κ1) is 17.4. The van der Waals surface area contributed by atoms with Crippen molar-refractivity contribution >= 4 is 28.3 Å². The SMILES string of the molecule is CCc1ccc(OCC(=O)N2CCCC2C(=O)Nc2nccs2)cc1. The average molecular weight is 359 g/mol. The molecule has 0 aliphatic carbocycles. The molecule has 1 aliphatic rings. The lowest BCUT2D eigenvalue weighted by molar-refractivity contribution is -0.138. The Hall–Kier alpha value is -2.41. The van der Waals surface area contributed by atoms with E-state index in [4.69, 9.17) is 4.74 Å². The lowest BCUT2D eigenvalue weighted by atomic mass is 10.2. The first-order valence-corrected chi connectivity index (χ1v) is 9.27. The van der Waals surface area contributed by atoms with Gasteiger partial charge in [0.25, 0.3) is 5.91 Å². The fourth-order valence-electron chi connectivity index (χ4n) is 2.86. The quantitative estimate of drug-likeness (QED) is 0.861. The van der Waals surface area contributed by atoms with E-state index in [2.05, 4.69) is 17.2 Å². The van der Waals surface area contributed by atoms with Gasteiger partial charge in [-0.15, -0.1) is 11.3 Å². The van der Waals surface area contributed by atoms with Gasteiger partial charge in [0.05, 0.1) is 0 Å². The van der Waals surface area contributed by atoms with Crippen LogP contribution in [-0.4, -0.2) is 40.9 Å². The molecule has 0 radical (unpaired) electrons. The van der Waals surface area contributed by atoms with E-state index in [9.17, 15) is 9.59 Å². The number of hydrogen-bond donors (Lipinski definition) is 1. The molecule has 0 spiro atoms. The summed E-state index contributed by atoms with van der Waals surface area (Å²) in [5, 5.41) is 5.12. The number of likely N-dealkylation sites (tertiary alicyclic amines) is 1. The fraction of sp³-hybridized carbons (Fsp3) is 0.389. The van der Waals surface area contributed by atoms with E-state index in [1.165, 1.54) is 16.9 Å². The van der Waals surface area contributed by atoms with Crippen molar-refractivity contribution in [2.45, 2.75) is 32.2 Å². The van der Waals surface area contributed by atoms with Crippen LogP contribution >= 0.6 is 11.3 Å². The molecule has 0 saturated carbocycles. The predicted molar refractivity (Wildman–Crippen MR) is 96.8 cm³/mol. The number of ether oxygens (including phenoxy) is 1. The summed E-state index contributed by atoms with van der Waals surface area (Å²) in [6, 6.07) is 7.24. The van der Waals surface area contributed by atoms with Gasteiger partial charge in [-0.3, -0.25) is 9.59 Å². The zero-order valence-electron chi connectivity index (χ0n) is 14.1. The lowest BCUT2D eigenvalue weighted by Crippen LogP contribution is -2.45. The highest BCUT2D eigenvalue weighted by molar-refractivity contribution is 7.13. The van der Waals surface area contributed by atoms with Crippen molar-refractivity contribution in [1.82, 2.24) is 9.88 Å². The summed E-state index contributed by atoms with van der Waals surface area (Å²) in [6.45, 7) is 2.60. The Balaban J connectivity index is 1.55. The summed E-state index contributed by atoms with van der Waals surface area (Å²) in [7, 11) is 0. The molecule has 3 rings (SSSR count). The molecule has 7 heteroatoms. The molecule has 2 aromatic rings. The highest BCUT2D eigenvalue weighted by atomic mass is 32.1. The van der Waals surface area contributed by atoms with E-state index >= 15 is 0 Å². The minimum atomic E-state index is -0.456. The van der Waals surface area contributed by atoms with Crippen LogP contribution in [0.4, 0.5) is 5.13 Å². The zero-order valence-corrected chi connectivity index (χ0v) is 14.9. The lowest BCUT2D eigenvalue weighted by Gasteiger charge is -2.23. The Morgan fingerprint density at radius 1 is 1.36 bits per heavy atom. The Labute approximate surface area is 150 Å². The molecule has 0 bridgehead atoms. The molecular formula is C18H21N3O3S. The Bertz CT molecular complexity index is 716. The van der Waals surface area contributed by atoms with Gasteiger partial charge >= 0.3 is 0 Å². The van der Waals surface area contributed by atoms with Crippen molar-refractivity contribution in [3.05, 3.63) is 41.4 Å². The molecule has 1 unspecified atom stereocenters. The first-order valence-electron chi connectivity index (χ1n) is 8.39. The number of amides is 2. The van der Waals surface area contributed by atoms with Crippen LogP contribution in [-0.2, 0) is 16.0 Å². The molecule has 132 valence electrons. The van der Waals surface area contributed by atoms with Crippen LogP contribution in [0.2, 0.25) is 0 Å². The summed E-state index contributed by atoms with van der Waals surface area (Å²) in [5.74, 6) is 0.304. The summed E-state index contributed by atoms with van der Waals surface area (Å²) >= 11 is 1.36. The van der Waals surface area contributed by atoms with Crippen molar-refractivity contribution in [3.63, 3.8) is 0 Å². The maximum absolute atomic E-state index is 12.5. The standard InChI is InChI=1S/C18H21N3O3S/c1-2-13-5-7-14(8-6-13)24-12-16(22)21-10-3-4-15(21)17(23)20-18-19-9-11-25-18/h5-9,11,15H,2-4,10,12H2,1H3,(H,19,20,23). The second-order valence-corrected chi connectivity index (χ2v) is 6.75. The van der Waals surface area contributed by atoms with Gasteiger partial charge in [0.15, 0.2) is 11.7 Å². The minimum Gasteiger partial charge on any atom is -0.484 e. The number of carbonyl (C=O) groups excluding carboxylic acids is 2. The predicted octanol–water partition coefficient (Wildman–Crippen LogP) is 2.71. The average Bonchev–Trinajstić information content (AvgIpc) is 3.31. The number of hydrogen-bond acceptors (Lipinski definition) is 5. The van der Waals surface area contributed by atoms with Crippen LogP contribution in [0, 0.1) is 0 Å². The second kappa shape index (κ2) is 8.11. The zero-order chi connectivity index (χ0) is 17.6. The molecule has 1 saturated heterocycles. The van der Waals surface area contributed by atoms with Crippen molar-refractivity contribution in [3.8, 4) is 5.75 Å². The second-order valence-electron chi connectivity index (χ2n) is 5.86. The van der Waals surface area contributed by atoms with Crippen LogP contribution in [0.25, 0.3) is 0 Å². The summed E-state index contributed by atoms with van der Waals surface area (Å²) in [4.78, 5) is 30.5. The minimum absolute atomic E-state index is 0.0630. The van der Waals surface area contributed by atoms with Gasteiger partial charge in [-0.1, -0.05) is 19.1 Å². The number of nitrogens with zero attached hydrogens (tertiary/aromatic N) is 2. The Kier molecular flexibility index (Phi) is 5.65. The molecule has 1 N–H and O–H groups in total. The van der Waals surface area contributed by atoms with Gasteiger partial charge in [0, 0.05) is 18.1 Å². The monoisotopic (exact) mass is 359 g/mol. The number of anilines is 1. The summed E-state index contributed by atoms with van der Waals surface area (Å²) in [5.41, 5.74) is 1.22. The molecule has 1 aromatic heterocycles. The van der Waals surface area contributed by atoms with E-state index < -0.39 is 6.04 Å². The van der Waals surface area contributed by atoms with Crippen LogP contribution < -0.4 is 10.1 Å². The van der Waals surface area contributed by atoms with E-state index in [-0.39, 0.29) is 18.4 Å². The van der Waals surface area contributed by atoms with Crippen molar-refractivity contribution < 1.29 is 14.3 Å². The van der Waals surface area contributed by atoms with E-state index in [0.717, 1.165) is 12.8 Å². The summed E-state index contributed by atoms with van der Waals surface area (Å²) in [6.07, 6.45) is 4.07. The molecule has 25 heavy (non-hydrogen) atoms. The topological polar surface area (TPSA) is 71.5 Å². The molecule has 2 heterocycles. The molecule has 2 amide bonds. The van der Waals surface area contributed by atoms with E-state index in [1.54, 1.807) is 16.5 Å². The molecule has 1 aliphatic heterocycles. The van der Waals surface area contributed by atoms with E-state index in [0.29, 0.717) is 23.8 Å². The number of aromatic nitrogens is 1. The highest BCUT2D eigenvalue weighted by Crippen LogP contribution is 2.21. The van der Waals surface area contributed by atoms with Gasteiger partial charge in [0.2, 0.25) is 5.91 Å². The third kappa shape index (κ3) is 4.36. The summed E-state index contributed by atoms with van der Waals surface area (Å²) < 4.78 is 5.58. The molecule has 1 fully saturated rings. The third-order valence-corrected chi connectivity index (χ3v) is 4.92. The van der Waals surface area contributed by atoms with Gasteiger partial charge in [-0.05, 0) is 37.0 Å².